The molecule has 4 nitrogen and oxygen atoms in total. The van der Waals surface area contributed by atoms with Crippen LogP contribution < -0.4 is 10.2 Å². The molecular weight excluding hydrogens is 252 g/mol. The Balaban J connectivity index is 2.39. The summed E-state index contributed by atoms with van der Waals surface area (Å²) in [6, 6.07) is 6.02. The second kappa shape index (κ2) is 4.98. The zero-order valence-electron chi connectivity index (χ0n) is 10.3. The summed E-state index contributed by atoms with van der Waals surface area (Å²) in [6.07, 6.45) is 0.578. The molecule has 1 saturated heterocycles. The molecule has 1 aromatic carbocycles. The van der Waals surface area contributed by atoms with Gasteiger partial charge < -0.3 is 5.32 Å². The minimum absolute atomic E-state index is 0.0909. The van der Waals surface area contributed by atoms with Crippen LogP contribution in [0, 0.1) is 0 Å². The van der Waals surface area contributed by atoms with Gasteiger partial charge in [0.1, 0.15) is 12.1 Å². The van der Waals surface area contributed by atoms with Crippen molar-refractivity contribution in [3.05, 3.63) is 29.3 Å². The maximum absolute atomic E-state index is 12.3. The van der Waals surface area contributed by atoms with Crippen LogP contribution in [-0.2, 0) is 9.59 Å². The number of benzene rings is 1. The summed E-state index contributed by atoms with van der Waals surface area (Å²) in [5.41, 5.74) is 0.660. The van der Waals surface area contributed by atoms with E-state index in [2.05, 4.69) is 5.32 Å². The zero-order valence-corrected chi connectivity index (χ0v) is 11.1. The Morgan fingerprint density at radius 1 is 1.39 bits per heavy atom. The number of rotatable bonds is 2. The molecule has 0 aromatic heterocycles. The van der Waals surface area contributed by atoms with E-state index in [-0.39, 0.29) is 11.8 Å². The molecule has 0 spiro atoms. The Labute approximate surface area is 111 Å². The number of anilines is 1. The number of amides is 2. The van der Waals surface area contributed by atoms with Crippen LogP contribution in [0.2, 0.25) is 5.02 Å². The van der Waals surface area contributed by atoms with Crippen LogP contribution in [0.25, 0.3) is 0 Å². The number of nitrogens with one attached hydrogen (secondary N) is 1. The van der Waals surface area contributed by atoms with E-state index < -0.39 is 12.1 Å². The lowest BCUT2D eigenvalue weighted by molar-refractivity contribution is -0.133. The number of hydrogen-bond acceptors (Lipinski definition) is 2. The molecule has 2 amide bonds. The van der Waals surface area contributed by atoms with Crippen molar-refractivity contribution in [1.29, 1.82) is 0 Å². The molecule has 0 aliphatic carbocycles. The average Bonchev–Trinajstić information content (AvgIpc) is 2.34. The molecule has 2 rings (SSSR count). The van der Waals surface area contributed by atoms with E-state index in [0.29, 0.717) is 17.1 Å². The molecule has 1 aliphatic rings. The monoisotopic (exact) mass is 266 g/mol. The fourth-order valence-corrected chi connectivity index (χ4v) is 2.27. The van der Waals surface area contributed by atoms with Crippen molar-refractivity contribution in [3.63, 3.8) is 0 Å². The first-order valence-corrected chi connectivity index (χ1v) is 6.31. The summed E-state index contributed by atoms with van der Waals surface area (Å²) in [6.45, 7) is 3.58. The van der Waals surface area contributed by atoms with Crippen LogP contribution in [0.4, 0.5) is 5.69 Å². The highest BCUT2D eigenvalue weighted by atomic mass is 35.5. The molecule has 1 fully saturated rings. The first-order valence-electron chi connectivity index (χ1n) is 5.93. The van der Waals surface area contributed by atoms with E-state index in [4.69, 9.17) is 11.6 Å². The van der Waals surface area contributed by atoms with E-state index in [1.54, 1.807) is 31.2 Å². The molecule has 0 saturated carbocycles. The predicted molar refractivity (Wildman–Crippen MR) is 70.6 cm³/mol. The molecule has 1 aliphatic heterocycles. The van der Waals surface area contributed by atoms with Gasteiger partial charge in [-0.15, -0.1) is 0 Å². The van der Waals surface area contributed by atoms with Crippen molar-refractivity contribution in [3.8, 4) is 0 Å². The molecule has 5 heteroatoms. The third-order valence-electron chi connectivity index (χ3n) is 3.11. The molecule has 96 valence electrons. The van der Waals surface area contributed by atoms with Crippen molar-refractivity contribution >= 4 is 29.1 Å². The van der Waals surface area contributed by atoms with Crippen molar-refractivity contribution in [2.75, 3.05) is 4.90 Å². The Hall–Kier alpha value is -1.55. The average molecular weight is 267 g/mol. The fourth-order valence-electron chi connectivity index (χ4n) is 2.08. The minimum atomic E-state index is -0.515. The van der Waals surface area contributed by atoms with Crippen molar-refractivity contribution < 1.29 is 9.59 Å². The summed E-state index contributed by atoms with van der Waals surface area (Å²) in [5, 5.41) is 3.26. The van der Waals surface area contributed by atoms with E-state index in [1.807, 2.05) is 6.92 Å². The van der Waals surface area contributed by atoms with E-state index in [1.165, 1.54) is 4.90 Å². The van der Waals surface area contributed by atoms with Gasteiger partial charge in [0.2, 0.25) is 11.8 Å². The molecule has 1 aromatic rings. The van der Waals surface area contributed by atoms with Gasteiger partial charge in [0.15, 0.2) is 0 Å². The molecule has 2 atom stereocenters. The SMILES string of the molecule is CCC1NC(=O)C(C)N(c2cccc(Cl)c2)C1=O. The maximum atomic E-state index is 12.3. The van der Waals surface area contributed by atoms with Crippen LogP contribution in [0.1, 0.15) is 20.3 Å². The normalized spacial score (nSPS) is 24.1. The molecule has 0 bridgehead atoms. The van der Waals surface area contributed by atoms with Gasteiger partial charge in [-0.2, -0.15) is 0 Å². The van der Waals surface area contributed by atoms with Crippen LogP contribution in [-0.4, -0.2) is 23.9 Å². The summed E-state index contributed by atoms with van der Waals surface area (Å²) in [7, 11) is 0. The third-order valence-corrected chi connectivity index (χ3v) is 3.35. The van der Waals surface area contributed by atoms with Gasteiger partial charge in [-0.25, -0.2) is 0 Å². The first kappa shape index (κ1) is 12.9. The van der Waals surface area contributed by atoms with Crippen LogP contribution in [0.5, 0.6) is 0 Å². The Kier molecular flexibility index (Phi) is 3.57. The topological polar surface area (TPSA) is 49.4 Å². The number of hydrogen-bond donors (Lipinski definition) is 1. The summed E-state index contributed by atoms with van der Waals surface area (Å²) >= 11 is 5.93. The van der Waals surface area contributed by atoms with Gasteiger partial charge in [-0.05, 0) is 31.5 Å². The van der Waals surface area contributed by atoms with Crippen LogP contribution >= 0.6 is 11.6 Å². The lowest BCUT2D eigenvalue weighted by Gasteiger charge is -2.37. The number of piperazine rings is 1. The number of halogens is 1. The molecule has 2 unspecified atom stereocenters. The highest BCUT2D eigenvalue weighted by Gasteiger charge is 2.37. The predicted octanol–water partition coefficient (Wildman–Crippen LogP) is 1.97. The van der Waals surface area contributed by atoms with Gasteiger partial charge in [0.05, 0.1) is 0 Å². The minimum Gasteiger partial charge on any atom is -0.343 e. The molecule has 0 radical (unpaired) electrons. The zero-order chi connectivity index (χ0) is 13.3. The highest BCUT2D eigenvalue weighted by molar-refractivity contribution is 6.31. The molecule has 1 N–H and O–H groups in total. The second-order valence-corrected chi connectivity index (χ2v) is 4.77. The van der Waals surface area contributed by atoms with E-state index in [9.17, 15) is 9.59 Å². The van der Waals surface area contributed by atoms with Crippen molar-refractivity contribution in [1.82, 2.24) is 5.32 Å². The van der Waals surface area contributed by atoms with Gasteiger partial charge in [0.25, 0.3) is 0 Å². The second-order valence-electron chi connectivity index (χ2n) is 4.33. The Morgan fingerprint density at radius 3 is 2.72 bits per heavy atom. The van der Waals surface area contributed by atoms with Crippen molar-refractivity contribution in [2.24, 2.45) is 0 Å². The van der Waals surface area contributed by atoms with E-state index in [0.717, 1.165) is 0 Å². The smallest absolute Gasteiger partial charge is 0.250 e. The molecule has 18 heavy (non-hydrogen) atoms. The van der Waals surface area contributed by atoms with Gasteiger partial charge >= 0.3 is 0 Å². The quantitative estimate of drug-likeness (QED) is 0.890. The number of carbonyl (C=O) groups is 2. The number of nitrogens with zero attached hydrogens (tertiary/aromatic N) is 1. The molecular formula is C13H15ClN2O2. The van der Waals surface area contributed by atoms with E-state index >= 15 is 0 Å². The van der Waals surface area contributed by atoms with Gasteiger partial charge in [-0.1, -0.05) is 24.6 Å². The summed E-state index contributed by atoms with van der Waals surface area (Å²) < 4.78 is 0. The lowest BCUT2D eigenvalue weighted by Crippen LogP contribution is -2.62. The summed E-state index contributed by atoms with van der Waals surface area (Å²) in [5.74, 6) is -0.228. The molecule has 1 heterocycles. The third kappa shape index (κ3) is 2.20. The van der Waals surface area contributed by atoms with Gasteiger partial charge in [-0.3, -0.25) is 14.5 Å². The van der Waals surface area contributed by atoms with Gasteiger partial charge in [0, 0.05) is 10.7 Å². The summed E-state index contributed by atoms with van der Waals surface area (Å²) in [4.78, 5) is 25.6. The Morgan fingerprint density at radius 2 is 2.11 bits per heavy atom. The van der Waals surface area contributed by atoms with Crippen LogP contribution in [0.3, 0.4) is 0 Å². The van der Waals surface area contributed by atoms with Crippen molar-refractivity contribution in [2.45, 2.75) is 32.4 Å². The number of carbonyl (C=O) groups excluding carboxylic acids is 2. The van der Waals surface area contributed by atoms with Crippen LogP contribution in [0.15, 0.2) is 24.3 Å². The fraction of sp³-hybridized carbons (Fsp3) is 0.385. The first-order chi connectivity index (χ1) is 8.54. The highest BCUT2D eigenvalue weighted by Crippen LogP contribution is 2.24. The Bertz CT molecular complexity index is 490. The maximum Gasteiger partial charge on any atom is 0.250 e. The largest absolute Gasteiger partial charge is 0.343 e. The standard InChI is InChI=1S/C13H15ClN2O2/c1-3-11-13(18)16(8(2)12(17)15-11)10-6-4-5-9(14)7-10/h4-8,11H,3H2,1-2H3,(H,15,17). The lowest BCUT2D eigenvalue weighted by atomic mass is 10.1.